The van der Waals surface area contributed by atoms with Gasteiger partial charge in [-0.05, 0) is 37.3 Å². The predicted octanol–water partition coefficient (Wildman–Crippen LogP) is 2.62. The van der Waals surface area contributed by atoms with Crippen molar-refractivity contribution < 1.29 is 0 Å². The minimum atomic E-state index is 0.646. The molecule has 0 spiro atoms. The van der Waals surface area contributed by atoms with Crippen LogP contribution in [0.4, 0.5) is 0 Å². The standard InChI is InChI=1S/C16H24N2/c1-13(14-5-3-2-4-6-14)12-18(15-7-8-15)16-9-10-17-11-16/h2-6,13,15-17H,7-12H2,1H3. The van der Waals surface area contributed by atoms with Crippen molar-refractivity contribution in [1.29, 1.82) is 0 Å². The highest BCUT2D eigenvalue weighted by atomic mass is 15.2. The van der Waals surface area contributed by atoms with Gasteiger partial charge >= 0.3 is 0 Å². The van der Waals surface area contributed by atoms with Crippen LogP contribution in [0.1, 0.15) is 37.7 Å². The van der Waals surface area contributed by atoms with E-state index >= 15 is 0 Å². The van der Waals surface area contributed by atoms with Gasteiger partial charge in [0.05, 0.1) is 0 Å². The van der Waals surface area contributed by atoms with Gasteiger partial charge in [0.15, 0.2) is 0 Å². The Kier molecular flexibility index (Phi) is 3.67. The van der Waals surface area contributed by atoms with E-state index in [0.29, 0.717) is 5.92 Å². The molecular formula is C16H24N2. The Labute approximate surface area is 110 Å². The number of hydrogen-bond acceptors (Lipinski definition) is 2. The second kappa shape index (κ2) is 5.41. The fourth-order valence-corrected chi connectivity index (χ4v) is 3.13. The Morgan fingerprint density at radius 2 is 1.94 bits per heavy atom. The van der Waals surface area contributed by atoms with Crippen LogP contribution in [0.3, 0.4) is 0 Å². The highest BCUT2D eigenvalue weighted by Gasteiger charge is 2.35. The van der Waals surface area contributed by atoms with Crippen molar-refractivity contribution in [2.45, 2.75) is 44.2 Å². The van der Waals surface area contributed by atoms with Crippen molar-refractivity contribution in [3.8, 4) is 0 Å². The maximum absolute atomic E-state index is 3.51. The molecule has 2 unspecified atom stereocenters. The van der Waals surface area contributed by atoms with Crippen LogP contribution in [0.5, 0.6) is 0 Å². The molecular weight excluding hydrogens is 220 g/mol. The van der Waals surface area contributed by atoms with E-state index in [1.165, 1.54) is 44.5 Å². The molecule has 1 saturated carbocycles. The van der Waals surface area contributed by atoms with Crippen LogP contribution < -0.4 is 5.32 Å². The lowest BCUT2D eigenvalue weighted by atomic mass is 9.99. The summed E-state index contributed by atoms with van der Waals surface area (Å²) >= 11 is 0. The normalized spacial score (nSPS) is 25.6. The van der Waals surface area contributed by atoms with Gasteiger partial charge in [0.2, 0.25) is 0 Å². The van der Waals surface area contributed by atoms with Crippen molar-refractivity contribution >= 4 is 0 Å². The van der Waals surface area contributed by atoms with Crippen LogP contribution in [0.15, 0.2) is 30.3 Å². The molecule has 2 fully saturated rings. The number of hydrogen-bond donors (Lipinski definition) is 1. The molecule has 18 heavy (non-hydrogen) atoms. The Balaban J connectivity index is 1.65. The summed E-state index contributed by atoms with van der Waals surface area (Å²) in [6, 6.07) is 12.6. The molecule has 0 aromatic heterocycles. The molecule has 0 radical (unpaired) electrons. The van der Waals surface area contributed by atoms with E-state index in [1.807, 2.05) is 0 Å². The van der Waals surface area contributed by atoms with Gasteiger partial charge in [-0.1, -0.05) is 37.3 Å². The molecule has 2 aliphatic rings. The summed E-state index contributed by atoms with van der Waals surface area (Å²) in [6.07, 6.45) is 4.16. The van der Waals surface area contributed by atoms with Crippen molar-refractivity contribution in [3.63, 3.8) is 0 Å². The summed E-state index contributed by atoms with van der Waals surface area (Å²) in [5.41, 5.74) is 1.48. The fraction of sp³-hybridized carbons (Fsp3) is 0.625. The highest BCUT2D eigenvalue weighted by molar-refractivity contribution is 5.19. The average molecular weight is 244 g/mol. The van der Waals surface area contributed by atoms with E-state index in [0.717, 1.165) is 12.1 Å². The van der Waals surface area contributed by atoms with Crippen LogP contribution in [-0.4, -0.2) is 36.6 Å². The third kappa shape index (κ3) is 2.76. The Morgan fingerprint density at radius 1 is 1.17 bits per heavy atom. The lowest BCUT2D eigenvalue weighted by Crippen LogP contribution is -2.40. The molecule has 3 rings (SSSR count). The molecule has 1 N–H and O–H groups in total. The Hall–Kier alpha value is -0.860. The van der Waals surface area contributed by atoms with Gasteiger partial charge in [-0.3, -0.25) is 4.90 Å². The quantitative estimate of drug-likeness (QED) is 0.856. The van der Waals surface area contributed by atoms with Gasteiger partial charge in [-0.2, -0.15) is 0 Å². The maximum Gasteiger partial charge on any atom is 0.0235 e. The summed E-state index contributed by atoms with van der Waals surface area (Å²) in [7, 11) is 0. The molecule has 98 valence electrons. The number of benzene rings is 1. The molecule has 1 aliphatic heterocycles. The predicted molar refractivity (Wildman–Crippen MR) is 75.9 cm³/mol. The topological polar surface area (TPSA) is 15.3 Å². The van der Waals surface area contributed by atoms with Gasteiger partial charge in [0.1, 0.15) is 0 Å². The van der Waals surface area contributed by atoms with Gasteiger partial charge in [0.25, 0.3) is 0 Å². The summed E-state index contributed by atoms with van der Waals surface area (Å²) in [4.78, 5) is 2.78. The zero-order valence-electron chi connectivity index (χ0n) is 11.3. The van der Waals surface area contributed by atoms with E-state index in [1.54, 1.807) is 0 Å². The van der Waals surface area contributed by atoms with Gasteiger partial charge in [-0.15, -0.1) is 0 Å². The SMILES string of the molecule is CC(CN(C1CC1)C1CCNC1)c1ccccc1. The molecule has 1 aliphatic carbocycles. The number of nitrogens with zero attached hydrogens (tertiary/aromatic N) is 1. The first-order valence-corrected chi connectivity index (χ1v) is 7.36. The maximum atomic E-state index is 3.51. The molecule has 1 heterocycles. The minimum Gasteiger partial charge on any atom is -0.315 e. The van der Waals surface area contributed by atoms with Crippen LogP contribution in [-0.2, 0) is 0 Å². The Morgan fingerprint density at radius 3 is 2.56 bits per heavy atom. The lowest BCUT2D eigenvalue weighted by molar-refractivity contribution is 0.188. The molecule has 2 atom stereocenters. The van der Waals surface area contributed by atoms with E-state index in [-0.39, 0.29) is 0 Å². The molecule has 2 heteroatoms. The first-order valence-electron chi connectivity index (χ1n) is 7.36. The van der Waals surface area contributed by atoms with Crippen LogP contribution in [0.25, 0.3) is 0 Å². The van der Waals surface area contributed by atoms with Crippen molar-refractivity contribution in [3.05, 3.63) is 35.9 Å². The lowest BCUT2D eigenvalue weighted by Gasteiger charge is -2.31. The number of rotatable bonds is 5. The van der Waals surface area contributed by atoms with Gasteiger partial charge in [-0.25, -0.2) is 0 Å². The van der Waals surface area contributed by atoms with E-state index in [2.05, 4.69) is 47.5 Å². The first kappa shape index (κ1) is 12.2. The van der Waals surface area contributed by atoms with Crippen molar-refractivity contribution in [1.82, 2.24) is 10.2 Å². The summed E-state index contributed by atoms with van der Waals surface area (Å²) in [5, 5.41) is 3.51. The summed E-state index contributed by atoms with van der Waals surface area (Å²) in [5.74, 6) is 0.646. The van der Waals surface area contributed by atoms with Crippen LogP contribution >= 0.6 is 0 Å². The van der Waals surface area contributed by atoms with E-state index < -0.39 is 0 Å². The van der Waals surface area contributed by atoms with E-state index in [4.69, 9.17) is 0 Å². The number of nitrogens with one attached hydrogen (secondary N) is 1. The van der Waals surface area contributed by atoms with Crippen LogP contribution in [0, 0.1) is 0 Å². The van der Waals surface area contributed by atoms with E-state index in [9.17, 15) is 0 Å². The zero-order valence-corrected chi connectivity index (χ0v) is 11.3. The summed E-state index contributed by atoms with van der Waals surface area (Å²) < 4.78 is 0. The smallest absolute Gasteiger partial charge is 0.0235 e. The third-order valence-electron chi connectivity index (χ3n) is 4.37. The monoisotopic (exact) mass is 244 g/mol. The molecule has 1 aromatic carbocycles. The van der Waals surface area contributed by atoms with Crippen LogP contribution in [0.2, 0.25) is 0 Å². The zero-order chi connectivity index (χ0) is 12.4. The molecule has 1 aromatic rings. The molecule has 0 bridgehead atoms. The minimum absolute atomic E-state index is 0.646. The largest absolute Gasteiger partial charge is 0.315 e. The second-order valence-corrected chi connectivity index (χ2v) is 5.89. The summed E-state index contributed by atoms with van der Waals surface area (Å²) in [6.45, 7) is 5.99. The first-order chi connectivity index (χ1) is 8.84. The highest BCUT2D eigenvalue weighted by Crippen LogP contribution is 2.32. The van der Waals surface area contributed by atoms with Crippen molar-refractivity contribution in [2.24, 2.45) is 0 Å². The Bertz CT molecular complexity index is 366. The average Bonchev–Trinajstić information content (AvgIpc) is 3.11. The van der Waals surface area contributed by atoms with Gasteiger partial charge < -0.3 is 5.32 Å². The fourth-order valence-electron chi connectivity index (χ4n) is 3.13. The van der Waals surface area contributed by atoms with Crippen molar-refractivity contribution in [2.75, 3.05) is 19.6 Å². The second-order valence-electron chi connectivity index (χ2n) is 5.89. The van der Waals surface area contributed by atoms with Gasteiger partial charge in [0, 0.05) is 25.2 Å². The molecule has 1 saturated heterocycles. The third-order valence-corrected chi connectivity index (χ3v) is 4.37. The molecule has 0 amide bonds. The molecule has 2 nitrogen and oxygen atoms in total.